The van der Waals surface area contributed by atoms with Gasteiger partial charge < -0.3 is 14.6 Å². The van der Waals surface area contributed by atoms with Crippen molar-refractivity contribution in [2.24, 2.45) is 0 Å². The SMILES string of the molecule is CCCNC1CCc2cc(OCc3ncon3)ccc21. The van der Waals surface area contributed by atoms with Crippen LogP contribution in [0, 0.1) is 0 Å². The average molecular weight is 273 g/mol. The normalized spacial score (nSPS) is 17.1. The van der Waals surface area contributed by atoms with Crippen molar-refractivity contribution < 1.29 is 9.26 Å². The maximum Gasteiger partial charge on any atom is 0.213 e. The lowest BCUT2D eigenvalue weighted by Crippen LogP contribution is -2.19. The Morgan fingerprint density at radius 1 is 1.45 bits per heavy atom. The molecular formula is C15H19N3O2. The molecule has 106 valence electrons. The zero-order valence-electron chi connectivity index (χ0n) is 11.6. The first kappa shape index (κ1) is 13.1. The van der Waals surface area contributed by atoms with E-state index in [1.807, 2.05) is 6.07 Å². The van der Waals surface area contributed by atoms with Crippen molar-refractivity contribution in [1.29, 1.82) is 0 Å². The van der Waals surface area contributed by atoms with Gasteiger partial charge in [-0.15, -0.1) is 0 Å². The fourth-order valence-electron chi connectivity index (χ4n) is 2.62. The van der Waals surface area contributed by atoms with Crippen LogP contribution in [-0.2, 0) is 13.0 Å². The molecule has 0 fully saturated rings. The van der Waals surface area contributed by atoms with Crippen LogP contribution in [0.4, 0.5) is 0 Å². The van der Waals surface area contributed by atoms with Crippen LogP contribution in [0.3, 0.4) is 0 Å². The van der Waals surface area contributed by atoms with Gasteiger partial charge in [0.15, 0.2) is 6.61 Å². The maximum atomic E-state index is 5.69. The molecule has 1 heterocycles. The Morgan fingerprint density at radius 3 is 3.20 bits per heavy atom. The quantitative estimate of drug-likeness (QED) is 0.876. The van der Waals surface area contributed by atoms with Crippen molar-refractivity contribution in [2.45, 2.75) is 38.8 Å². The molecule has 1 atom stereocenters. The number of nitrogens with zero attached hydrogens (tertiary/aromatic N) is 2. The first-order valence-corrected chi connectivity index (χ1v) is 7.11. The lowest BCUT2D eigenvalue weighted by atomic mass is 10.1. The van der Waals surface area contributed by atoms with Gasteiger partial charge in [-0.3, -0.25) is 0 Å². The van der Waals surface area contributed by atoms with Crippen molar-refractivity contribution in [3.8, 4) is 5.75 Å². The number of ether oxygens (including phenoxy) is 1. The molecule has 1 unspecified atom stereocenters. The molecule has 1 aromatic heterocycles. The van der Waals surface area contributed by atoms with E-state index in [2.05, 4.69) is 39.0 Å². The van der Waals surface area contributed by atoms with Gasteiger partial charge in [-0.25, -0.2) is 0 Å². The highest BCUT2D eigenvalue weighted by atomic mass is 16.5. The summed E-state index contributed by atoms with van der Waals surface area (Å²) in [4.78, 5) is 3.94. The fraction of sp³-hybridized carbons (Fsp3) is 0.467. The molecule has 20 heavy (non-hydrogen) atoms. The van der Waals surface area contributed by atoms with Gasteiger partial charge in [-0.2, -0.15) is 4.98 Å². The standard InChI is InChI=1S/C15H19N3O2/c1-2-7-16-14-6-3-11-8-12(4-5-13(11)14)19-9-15-17-10-20-18-15/h4-5,8,10,14,16H,2-3,6-7,9H2,1H3. The van der Waals surface area contributed by atoms with Crippen LogP contribution in [0.15, 0.2) is 29.1 Å². The number of hydrogen-bond donors (Lipinski definition) is 1. The van der Waals surface area contributed by atoms with Crippen LogP contribution in [0.5, 0.6) is 5.75 Å². The molecule has 0 spiro atoms. The first-order chi connectivity index (χ1) is 9.86. The molecule has 1 aliphatic carbocycles. The highest BCUT2D eigenvalue weighted by Crippen LogP contribution is 2.33. The lowest BCUT2D eigenvalue weighted by Gasteiger charge is -2.13. The van der Waals surface area contributed by atoms with Gasteiger partial charge in [0.1, 0.15) is 5.75 Å². The maximum absolute atomic E-state index is 5.69. The third-order valence-corrected chi connectivity index (χ3v) is 3.61. The van der Waals surface area contributed by atoms with E-state index in [4.69, 9.17) is 4.74 Å². The molecule has 0 radical (unpaired) electrons. The molecule has 0 bridgehead atoms. The minimum Gasteiger partial charge on any atom is -0.485 e. The summed E-state index contributed by atoms with van der Waals surface area (Å²) in [6.07, 6.45) is 4.75. The van der Waals surface area contributed by atoms with Crippen molar-refractivity contribution in [3.05, 3.63) is 41.5 Å². The van der Waals surface area contributed by atoms with E-state index in [0.29, 0.717) is 18.5 Å². The predicted molar refractivity (Wildman–Crippen MR) is 74.4 cm³/mol. The number of aromatic nitrogens is 2. The molecule has 1 aliphatic rings. The molecular weight excluding hydrogens is 254 g/mol. The Morgan fingerprint density at radius 2 is 2.40 bits per heavy atom. The zero-order chi connectivity index (χ0) is 13.8. The summed E-state index contributed by atoms with van der Waals surface area (Å²) in [5.74, 6) is 1.43. The monoisotopic (exact) mass is 273 g/mol. The minimum absolute atomic E-state index is 0.340. The molecule has 1 N–H and O–H groups in total. The van der Waals surface area contributed by atoms with E-state index in [9.17, 15) is 0 Å². The Labute approximate surface area is 118 Å². The van der Waals surface area contributed by atoms with Crippen molar-refractivity contribution in [3.63, 3.8) is 0 Å². The summed E-state index contributed by atoms with van der Waals surface area (Å²) < 4.78 is 10.4. The van der Waals surface area contributed by atoms with Crippen molar-refractivity contribution in [1.82, 2.24) is 15.5 Å². The predicted octanol–water partition coefficient (Wildman–Crippen LogP) is 2.64. The molecule has 5 nitrogen and oxygen atoms in total. The second kappa shape index (κ2) is 6.05. The van der Waals surface area contributed by atoms with Gasteiger partial charge >= 0.3 is 0 Å². The Balaban J connectivity index is 1.64. The third-order valence-electron chi connectivity index (χ3n) is 3.61. The number of fused-ring (bicyclic) bond motifs is 1. The van der Waals surface area contributed by atoms with E-state index in [-0.39, 0.29) is 0 Å². The number of aryl methyl sites for hydroxylation is 1. The summed E-state index contributed by atoms with van der Waals surface area (Å²) in [6.45, 7) is 3.60. The van der Waals surface area contributed by atoms with E-state index in [0.717, 1.165) is 25.1 Å². The summed E-state index contributed by atoms with van der Waals surface area (Å²) in [5.41, 5.74) is 2.79. The number of nitrogens with one attached hydrogen (secondary N) is 1. The number of benzene rings is 1. The summed E-state index contributed by atoms with van der Waals surface area (Å²) >= 11 is 0. The summed E-state index contributed by atoms with van der Waals surface area (Å²) in [5, 5.41) is 7.32. The van der Waals surface area contributed by atoms with E-state index in [1.54, 1.807) is 0 Å². The summed E-state index contributed by atoms with van der Waals surface area (Å²) in [6, 6.07) is 6.81. The second-order valence-electron chi connectivity index (χ2n) is 5.04. The van der Waals surface area contributed by atoms with Gasteiger partial charge in [0.05, 0.1) is 0 Å². The van der Waals surface area contributed by atoms with E-state index >= 15 is 0 Å². The lowest BCUT2D eigenvalue weighted by molar-refractivity contribution is 0.286. The smallest absolute Gasteiger partial charge is 0.213 e. The van der Waals surface area contributed by atoms with Crippen LogP contribution in [0.1, 0.15) is 42.8 Å². The molecule has 1 aromatic carbocycles. The van der Waals surface area contributed by atoms with Crippen molar-refractivity contribution in [2.75, 3.05) is 6.54 Å². The van der Waals surface area contributed by atoms with Crippen LogP contribution in [-0.4, -0.2) is 16.7 Å². The zero-order valence-corrected chi connectivity index (χ0v) is 11.6. The fourth-order valence-corrected chi connectivity index (χ4v) is 2.62. The molecule has 3 rings (SSSR count). The van der Waals surface area contributed by atoms with Gasteiger partial charge in [-0.05, 0) is 49.1 Å². The molecule has 0 amide bonds. The van der Waals surface area contributed by atoms with Gasteiger partial charge in [-0.1, -0.05) is 18.1 Å². The molecule has 0 saturated heterocycles. The number of rotatable bonds is 6. The molecule has 0 aliphatic heterocycles. The van der Waals surface area contributed by atoms with E-state index in [1.165, 1.54) is 23.9 Å². The van der Waals surface area contributed by atoms with Crippen LogP contribution in [0.25, 0.3) is 0 Å². The average Bonchev–Trinajstić information content (AvgIpc) is 3.12. The van der Waals surface area contributed by atoms with Crippen molar-refractivity contribution >= 4 is 0 Å². The third kappa shape index (κ3) is 2.82. The topological polar surface area (TPSA) is 60.2 Å². The van der Waals surface area contributed by atoms with Crippen LogP contribution < -0.4 is 10.1 Å². The highest BCUT2D eigenvalue weighted by molar-refractivity contribution is 5.40. The molecule has 2 aromatic rings. The van der Waals surface area contributed by atoms with Crippen LogP contribution >= 0.6 is 0 Å². The van der Waals surface area contributed by atoms with Crippen LogP contribution in [0.2, 0.25) is 0 Å². The highest BCUT2D eigenvalue weighted by Gasteiger charge is 2.22. The Hall–Kier alpha value is -1.88. The Bertz CT molecular complexity index is 554. The molecule has 5 heteroatoms. The second-order valence-corrected chi connectivity index (χ2v) is 5.04. The summed E-state index contributed by atoms with van der Waals surface area (Å²) in [7, 11) is 0. The number of hydrogen-bond acceptors (Lipinski definition) is 5. The molecule has 0 saturated carbocycles. The van der Waals surface area contributed by atoms with Gasteiger partial charge in [0.25, 0.3) is 0 Å². The largest absolute Gasteiger partial charge is 0.485 e. The minimum atomic E-state index is 0.340. The van der Waals surface area contributed by atoms with Gasteiger partial charge in [0.2, 0.25) is 12.2 Å². The van der Waals surface area contributed by atoms with Gasteiger partial charge in [0, 0.05) is 6.04 Å². The Kier molecular flexibility index (Phi) is 3.97. The van der Waals surface area contributed by atoms with E-state index < -0.39 is 0 Å². The first-order valence-electron chi connectivity index (χ1n) is 7.11.